The molecule has 2 rings (SSSR count). The number of hydrogen-bond acceptors (Lipinski definition) is 5. The largest absolute Gasteiger partial charge is 0.479 e. The van der Waals surface area contributed by atoms with Gasteiger partial charge in [-0.1, -0.05) is 0 Å². The average Bonchev–Trinajstić information content (AvgIpc) is 2.74. The standard InChI is InChI=1S/C13H14O5S/c1-7-2-10-8(5-14)3-9(4-12(10)18-7)19-6-11(15)13(16)17/h2-4,11,14-15H,5-6H2,1H3,(H,16,17). The van der Waals surface area contributed by atoms with Crippen molar-refractivity contribution in [2.75, 3.05) is 5.75 Å². The van der Waals surface area contributed by atoms with Crippen LogP contribution in [0.1, 0.15) is 11.3 Å². The van der Waals surface area contributed by atoms with Gasteiger partial charge in [-0.05, 0) is 30.7 Å². The molecule has 1 atom stereocenters. The number of furan rings is 1. The number of aliphatic hydroxyl groups is 2. The minimum atomic E-state index is -1.41. The maximum atomic E-state index is 10.5. The fraction of sp³-hybridized carbons (Fsp3) is 0.308. The molecule has 102 valence electrons. The minimum Gasteiger partial charge on any atom is -0.479 e. The van der Waals surface area contributed by atoms with Gasteiger partial charge in [-0.3, -0.25) is 0 Å². The number of aliphatic hydroxyl groups excluding tert-OH is 2. The summed E-state index contributed by atoms with van der Waals surface area (Å²) in [6.45, 7) is 1.70. The normalized spacial score (nSPS) is 12.8. The maximum Gasteiger partial charge on any atom is 0.333 e. The van der Waals surface area contributed by atoms with Crippen LogP contribution in [0.15, 0.2) is 27.5 Å². The summed E-state index contributed by atoms with van der Waals surface area (Å²) in [5.41, 5.74) is 1.37. The molecule has 0 radical (unpaired) electrons. The van der Waals surface area contributed by atoms with Crippen LogP contribution in [0.2, 0.25) is 0 Å². The third kappa shape index (κ3) is 3.09. The van der Waals surface area contributed by atoms with Gasteiger partial charge in [-0.2, -0.15) is 0 Å². The zero-order chi connectivity index (χ0) is 14.0. The summed E-state index contributed by atoms with van der Waals surface area (Å²) in [4.78, 5) is 11.3. The van der Waals surface area contributed by atoms with E-state index in [0.717, 1.165) is 21.6 Å². The number of rotatable bonds is 5. The molecule has 1 heterocycles. The number of carboxylic acids is 1. The summed E-state index contributed by atoms with van der Waals surface area (Å²) in [5.74, 6) is -0.451. The Hall–Kier alpha value is -1.50. The number of aliphatic carboxylic acids is 1. The second kappa shape index (κ2) is 5.64. The highest BCUT2D eigenvalue weighted by molar-refractivity contribution is 7.99. The predicted molar refractivity (Wildman–Crippen MR) is 71.2 cm³/mol. The molecule has 0 aliphatic rings. The highest BCUT2D eigenvalue weighted by atomic mass is 32.2. The van der Waals surface area contributed by atoms with Crippen molar-refractivity contribution in [2.45, 2.75) is 24.5 Å². The molecule has 2 aromatic rings. The predicted octanol–water partition coefficient (Wildman–Crippen LogP) is 1.77. The number of carbonyl (C=O) groups is 1. The van der Waals surface area contributed by atoms with Gasteiger partial charge in [0, 0.05) is 16.0 Å². The molecular weight excluding hydrogens is 268 g/mol. The molecule has 1 aromatic carbocycles. The molecule has 6 heteroatoms. The van der Waals surface area contributed by atoms with Crippen molar-refractivity contribution in [3.05, 3.63) is 29.5 Å². The second-order valence-corrected chi connectivity index (χ2v) is 5.27. The number of benzene rings is 1. The van der Waals surface area contributed by atoms with Crippen LogP contribution in [0.5, 0.6) is 0 Å². The molecule has 0 bridgehead atoms. The van der Waals surface area contributed by atoms with E-state index in [9.17, 15) is 15.0 Å². The Kier molecular flexibility index (Phi) is 4.14. The van der Waals surface area contributed by atoms with E-state index in [1.54, 1.807) is 12.1 Å². The Morgan fingerprint density at radius 3 is 2.79 bits per heavy atom. The molecular formula is C13H14O5S. The van der Waals surface area contributed by atoms with Crippen LogP contribution in [-0.2, 0) is 11.4 Å². The van der Waals surface area contributed by atoms with Crippen LogP contribution in [0.3, 0.4) is 0 Å². The Morgan fingerprint density at radius 2 is 2.16 bits per heavy atom. The van der Waals surface area contributed by atoms with E-state index in [1.165, 1.54) is 11.8 Å². The topological polar surface area (TPSA) is 90.9 Å². The Morgan fingerprint density at radius 1 is 1.42 bits per heavy atom. The molecule has 0 amide bonds. The van der Waals surface area contributed by atoms with Gasteiger partial charge >= 0.3 is 5.97 Å². The summed E-state index contributed by atoms with van der Waals surface area (Å²) in [5, 5.41) is 28.0. The maximum absolute atomic E-state index is 10.5. The molecule has 0 saturated carbocycles. The zero-order valence-electron chi connectivity index (χ0n) is 10.3. The van der Waals surface area contributed by atoms with E-state index >= 15 is 0 Å². The first-order valence-corrected chi connectivity index (χ1v) is 6.67. The van der Waals surface area contributed by atoms with E-state index in [-0.39, 0.29) is 12.4 Å². The second-order valence-electron chi connectivity index (χ2n) is 4.17. The van der Waals surface area contributed by atoms with Gasteiger partial charge in [0.05, 0.1) is 6.61 Å². The third-order valence-corrected chi connectivity index (χ3v) is 3.73. The number of hydrogen-bond donors (Lipinski definition) is 3. The van der Waals surface area contributed by atoms with Gasteiger partial charge in [0.25, 0.3) is 0 Å². The smallest absolute Gasteiger partial charge is 0.333 e. The van der Waals surface area contributed by atoms with Crippen LogP contribution in [-0.4, -0.2) is 33.1 Å². The van der Waals surface area contributed by atoms with Crippen molar-refractivity contribution < 1.29 is 24.5 Å². The van der Waals surface area contributed by atoms with Gasteiger partial charge in [0.1, 0.15) is 11.3 Å². The van der Waals surface area contributed by atoms with Crippen molar-refractivity contribution >= 4 is 28.7 Å². The molecule has 0 saturated heterocycles. The third-order valence-electron chi connectivity index (χ3n) is 2.68. The van der Waals surface area contributed by atoms with Crippen LogP contribution in [0.4, 0.5) is 0 Å². The Bertz CT molecular complexity index is 604. The molecule has 1 aromatic heterocycles. The highest BCUT2D eigenvalue weighted by Crippen LogP contribution is 2.30. The first-order valence-electron chi connectivity index (χ1n) is 5.69. The fourth-order valence-electron chi connectivity index (χ4n) is 1.77. The SMILES string of the molecule is Cc1cc2c(CO)cc(SCC(O)C(=O)O)cc2o1. The van der Waals surface area contributed by atoms with E-state index in [0.29, 0.717) is 5.58 Å². The van der Waals surface area contributed by atoms with Gasteiger partial charge in [-0.15, -0.1) is 11.8 Å². The van der Waals surface area contributed by atoms with Crippen molar-refractivity contribution in [1.82, 2.24) is 0 Å². The number of aryl methyl sites for hydroxylation is 1. The molecule has 0 fully saturated rings. The van der Waals surface area contributed by atoms with Crippen molar-refractivity contribution in [1.29, 1.82) is 0 Å². The summed E-state index contributed by atoms with van der Waals surface area (Å²) in [6, 6.07) is 5.40. The van der Waals surface area contributed by atoms with E-state index in [4.69, 9.17) is 9.52 Å². The van der Waals surface area contributed by atoms with Gasteiger partial charge < -0.3 is 19.7 Å². The quantitative estimate of drug-likeness (QED) is 0.724. The first kappa shape index (κ1) is 13.9. The average molecular weight is 282 g/mol. The molecule has 0 aliphatic heterocycles. The van der Waals surface area contributed by atoms with Crippen molar-refractivity contribution in [2.24, 2.45) is 0 Å². The number of thioether (sulfide) groups is 1. The van der Waals surface area contributed by atoms with Crippen LogP contribution in [0, 0.1) is 6.92 Å². The van der Waals surface area contributed by atoms with Crippen LogP contribution >= 0.6 is 11.8 Å². The monoisotopic (exact) mass is 282 g/mol. The summed E-state index contributed by atoms with van der Waals surface area (Å²) in [6.07, 6.45) is -1.41. The minimum absolute atomic E-state index is 0.0470. The van der Waals surface area contributed by atoms with Gasteiger partial charge in [-0.25, -0.2) is 4.79 Å². The molecule has 19 heavy (non-hydrogen) atoms. The lowest BCUT2D eigenvalue weighted by atomic mass is 10.1. The molecule has 0 spiro atoms. The fourth-order valence-corrected chi connectivity index (χ4v) is 2.68. The van der Waals surface area contributed by atoms with E-state index in [1.807, 2.05) is 13.0 Å². The van der Waals surface area contributed by atoms with Gasteiger partial charge in [0.15, 0.2) is 6.10 Å². The lowest BCUT2D eigenvalue weighted by Crippen LogP contribution is -2.21. The Balaban J connectivity index is 2.26. The Labute approximate surface area is 113 Å². The van der Waals surface area contributed by atoms with Crippen molar-refractivity contribution in [3.8, 4) is 0 Å². The number of fused-ring (bicyclic) bond motifs is 1. The molecule has 3 N–H and O–H groups in total. The summed E-state index contributed by atoms with van der Waals surface area (Å²) < 4.78 is 5.50. The van der Waals surface area contributed by atoms with Crippen LogP contribution in [0.25, 0.3) is 11.0 Å². The lowest BCUT2D eigenvalue weighted by molar-refractivity contribution is -0.145. The van der Waals surface area contributed by atoms with Gasteiger partial charge in [0.2, 0.25) is 0 Å². The molecule has 1 unspecified atom stereocenters. The van der Waals surface area contributed by atoms with E-state index < -0.39 is 12.1 Å². The first-order chi connectivity index (χ1) is 9.01. The van der Waals surface area contributed by atoms with Crippen LogP contribution < -0.4 is 0 Å². The molecule has 0 aliphatic carbocycles. The van der Waals surface area contributed by atoms with Crippen molar-refractivity contribution in [3.63, 3.8) is 0 Å². The summed E-state index contributed by atoms with van der Waals surface area (Å²) in [7, 11) is 0. The molecule has 5 nitrogen and oxygen atoms in total. The lowest BCUT2D eigenvalue weighted by Gasteiger charge is -2.07. The van der Waals surface area contributed by atoms with E-state index in [2.05, 4.69) is 0 Å². The highest BCUT2D eigenvalue weighted by Gasteiger charge is 2.14. The zero-order valence-corrected chi connectivity index (χ0v) is 11.1. The summed E-state index contributed by atoms with van der Waals surface area (Å²) >= 11 is 1.21. The number of carboxylic acid groups (broad SMARTS) is 1.